The van der Waals surface area contributed by atoms with Gasteiger partial charge < -0.3 is 21.1 Å². The van der Waals surface area contributed by atoms with Gasteiger partial charge in [0, 0.05) is 19.0 Å². The zero-order valence-corrected chi connectivity index (χ0v) is 18.1. The maximum absolute atomic E-state index is 14.0. The van der Waals surface area contributed by atoms with Crippen molar-refractivity contribution in [1.29, 1.82) is 0 Å². The van der Waals surface area contributed by atoms with Crippen LogP contribution in [0.4, 0.5) is 10.2 Å². The van der Waals surface area contributed by atoms with Crippen molar-refractivity contribution in [1.82, 2.24) is 9.97 Å². The lowest BCUT2D eigenvalue weighted by atomic mass is 9.90. The molecule has 0 fully saturated rings. The van der Waals surface area contributed by atoms with E-state index in [0.717, 1.165) is 12.8 Å². The van der Waals surface area contributed by atoms with E-state index in [2.05, 4.69) is 16.9 Å². The van der Waals surface area contributed by atoms with Gasteiger partial charge in [0.1, 0.15) is 11.6 Å². The SMILES string of the molecule is CCCCOc1nc(N(C)C(C)(CN)c2cccc(F)c2)c2cccc(C(N)=O)c2n1. The van der Waals surface area contributed by atoms with Crippen LogP contribution >= 0.6 is 0 Å². The van der Waals surface area contributed by atoms with Crippen molar-refractivity contribution in [3.05, 3.63) is 59.4 Å². The number of hydrogen-bond donors (Lipinski definition) is 2. The van der Waals surface area contributed by atoms with E-state index in [-0.39, 0.29) is 23.9 Å². The number of anilines is 1. The van der Waals surface area contributed by atoms with Crippen LogP contribution in [-0.4, -0.2) is 36.1 Å². The van der Waals surface area contributed by atoms with Crippen molar-refractivity contribution in [2.24, 2.45) is 11.5 Å². The quantitative estimate of drug-likeness (QED) is 0.509. The lowest BCUT2D eigenvalue weighted by Gasteiger charge is -2.40. The molecule has 7 nitrogen and oxygen atoms in total. The van der Waals surface area contributed by atoms with Crippen molar-refractivity contribution in [2.75, 3.05) is 25.1 Å². The van der Waals surface area contributed by atoms with Crippen LogP contribution in [0.2, 0.25) is 0 Å². The Morgan fingerprint density at radius 2 is 1.97 bits per heavy atom. The highest BCUT2D eigenvalue weighted by molar-refractivity contribution is 6.07. The lowest BCUT2D eigenvalue weighted by molar-refractivity contribution is 0.100. The topological polar surface area (TPSA) is 107 Å². The molecule has 31 heavy (non-hydrogen) atoms. The molecule has 0 aliphatic carbocycles. The highest BCUT2D eigenvalue weighted by Gasteiger charge is 2.33. The smallest absolute Gasteiger partial charge is 0.318 e. The van der Waals surface area contributed by atoms with Gasteiger partial charge in [-0.05, 0) is 43.2 Å². The van der Waals surface area contributed by atoms with E-state index in [1.807, 2.05) is 31.0 Å². The molecular formula is C23H28FN5O2. The van der Waals surface area contributed by atoms with Crippen LogP contribution in [0.1, 0.15) is 42.6 Å². The first kappa shape index (κ1) is 22.4. The van der Waals surface area contributed by atoms with E-state index in [1.165, 1.54) is 12.1 Å². The van der Waals surface area contributed by atoms with Gasteiger partial charge in [-0.1, -0.05) is 31.5 Å². The number of nitrogens with zero attached hydrogens (tertiary/aromatic N) is 3. The summed E-state index contributed by atoms with van der Waals surface area (Å²) in [6, 6.07) is 11.6. The summed E-state index contributed by atoms with van der Waals surface area (Å²) >= 11 is 0. The fourth-order valence-electron chi connectivity index (χ4n) is 3.45. The predicted molar refractivity (Wildman–Crippen MR) is 120 cm³/mol. The van der Waals surface area contributed by atoms with Crippen molar-refractivity contribution in [3.8, 4) is 6.01 Å². The van der Waals surface area contributed by atoms with Gasteiger partial charge in [-0.2, -0.15) is 9.97 Å². The maximum Gasteiger partial charge on any atom is 0.318 e. The van der Waals surface area contributed by atoms with E-state index in [0.29, 0.717) is 28.9 Å². The van der Waals surface area contributed by atoms with E-state index in [9.17, 15) is 9.18 Å². The highest BCUT2D eigenvalue weighted by atomic mass is 19.1. The number of fused-ring (bicyclic) bond motifs is 1. The molecule has 0 bridgehead atoms. The molecule has 2 aromatic carbocycles. The number of nitrogens with two attached hydrogens (primary N) is 2. The van der Waals surface area contributed by atoms with Gasteiger partial charge in [0.05, 0.1) is 23.2 Å². The minimum Gasteiger partial charge on any atom is -0.463 e. The van der Waals surface area contributed by atoms with Gasteiger partial charge in [0.15, 0.2) is 0 Å². The van der Waals surface area contributed by atoms with Crippen LogP contribution in [0.5, 0.6) is 6.01 Å². The number of benzene rings is 2. The average Bonchev–Trinajstić information content (AvgIpc) is 2.77. The van der Waals surface area contributed by atoms with Gasteiger partial charge in [0.25, 0.3) is 5.91 Å². The number of aromatic nitrogens is 2. The predicted octanol–water partition coefficient (Wildman–Crippen LogP) is 3.36. The van der Waals surface area contributed by atoms with E-state index in [1.54, 1.807) is 18.2 Å². The second kappa shape index (κ2) is 9.26. The number of ether oxygens (including phenoxy) is 1. The zero-order valence-electron chi connectivity index (χ0n) is 18.1. The molecule has 4 N–H and O–H groups in total. The molecule has 3 aromatic rings. The first-order valence-electron chi connectivity index (χ1n) is 10.2. The molecule has 0 aliphatic heterocycles. The summed E-state index contributed by atoms with van der Waals surface area (Å²) in [4.78, 5) is 23.0. The largest absolute Gasteiger partial charge is 0.463 e. The summed E-state index contributed by atoms with van der Waals surface area (Å²) in [5, 5.41) is 0.623. The Balaban J connectivity index is 2.20. The molecule has 1 atom stereocenters. The molecule has 0 aliphatic rings. The number of likely N-dealkylation sites (N-methyl/N-ethyl adjacent to an activating group) is 1. The standard InChI is InChI=1S/C23H28FN5O2/c1-4-5-12-31-22-27-19-17(20(26)30)10-7-11-18(19)21(28-22)29(3)23(2,14-25)15-8-6-9-16(24)13-15/h6-11,13H,4-5,12,14,25H2,1-3H3,(H2,26,30). The first-order valence-corrected chi connectivity index (χ1v) is 10.2. The molecule has 0 saturated carbocycles. The molecule has 0 saturated heterocycles. The van der Waals surface area contributed by atoms with Crippen LogP contribution in [-0.2, 0) is 5.54 Å². The molecular weight excluding hydrogens is 397 g/mol. The van der Waals surface area contributed by atoms with Gasteiger partial charge in [-0.15, -0.1) is 0 Å². The molecule has 1 heterocycles. The Bertz CT molecular complexity index is 1090. The number of hydrogen-bond acceptors (Lipinski definition) is 6. The van der Waals surface area contributed by atoms with Crippen LogP contribution in [0.25, 0.3) is 10.9 Å². The lowest BCUT2D eigenvalue weighted by Crippen LogP contribution is -2.47. The monoisotopic (exact) mass is 425 g/mol. The normalized spacial score (nSPS) is 13.1. The summed E-state index contributed by atoms with van der Waals surface area (Å²) < 4.78 is 19.7. The summed E-state index contributed by atoms with van der Waals surface area (Å²) in [6.07, 6.45) is 1.80. The highest BCUT2D eigenvalue weighted by Crippen LogP contribution is 2.35. The summed E-state index contributed by atoms with van der Waals surface area (Å²) in [5.41, 5.74) is 12.3. The summed E-state index contributed by atoms with van der Waals surface area (Å²) in [6.45, 7) is 4.61. The molecule has 164 valence electrons. The van der Waals surface area contributed by atoms with Crippen molar-refractivity contribution < 1.29 is 13.9 Å². The Hall–Kier alpha value is -3.26. The fourth-order valence-corrected chi connectivity index (χ4v) is 3.45. The molecule has 1 amide bonds. The third-order valence-electron chi connectivity index (χ3n) is 5.58. The van der Waals surface area contributed by atoms with E-state index >= 15 is 0 Å². The van der Waals surface area contributed by atoms with Crippen LogP contribution in [0, 0.1) is 5.82 Å². The number of unbranched alkanes of at least 4 members (excludes halogenated alkanes) is 1. The van der Waals surface area contributed by atoms with E-state index < -0.39 is 11.4 Å². The molecule has 0 spiro atoms. The van der Waals surface area contributed by atoms with Crippen LogP contribution < -0.4 is 21.1 Å². The Labute approximate surface area is 181 Å². The number of amides is 1. The van der Waals surface area contributed by atoms with E-state index in [4.69, 9.17) is 16.2 Å². The number of carbonyl (C=O) groups excluding carboxylic acids is 1. The molecule has 8 heteroatoms. The second-order valence-corrected chi connectivity index (χ2v) is 7.65. The minimum absolute atomic E-state index is 0.148. The fraction of sp³-hybridized carbons (Fsp3) is 0.348. The Morgan fingerprint density at radius 1 is 1.23 bits per heavy atom. The third-order valence-corrected chi connectivity index (χ3v) is 5.58. The van der Waals surface area contributed by atoms with Gasteiger partial charge in [0.2, 0.25) is 0 Å². The van der Waals surface area contributed by atoms with Gasteiger partial charge in [-0.3, -0.25) is 4.79 Å². The molecule has 1 unspecified atom stereocenters. The average molecular weight is 426 g/mol. The van der Waals surface area contributed by atoms with Crippen molar-refractivity contribution in [3.63, 3.8) is 0 Å². The molecule has 0 radical (unpaired) electrons. The zero-order chi connectivity index (χ0) is 22.6. The Kier molecular flexibility index (Phi) is 6.70. The third kappa shape index (κ3) is 4.44. The number of carbonyl (C=O) groups is 1. The van der Waals surface area contributed by atoms with Crippen LogP contribution in [0.15, 0.2) is 42.5 Å². The maximum atomic E-state index is 14.0. The van der Waals surface area contributed by atoms with Gasteiger partial charge >= 0.3 is 6.01 Å². The molecule has 1 aromatic heterocycles. The van der Waals surface area contributed by atoms with Gasteiger partial charge in [-0.25, -0.2) is 4.39 Å². The Morgan fingerprint density at radius 3 is 2.61 bits per heavy atom. The summed E-state index contributed by atoms with van der Waals surface area (Å²) in [5.74, 6) is -0.432. The number of para-hydroxylation sites is 1. The number of rotatable bonds is 9. The van der Waals surface area contributed by atoms with Crippen molar-refractivity contribution in [2.45, 2.75) is 32.2 Å². The molecule has 3 rings (SSSR count). The second-order valence-electron chi connectivity index (χ2n) is 7.65. The number of halogens is 1. The minimum atomic E-state index is -0.785. The summed E-state index contributed by atoms with van der Waals surface area (Å²) in [7, 11) is 1.83. The van der Waals surface area contributed by atoms with Crippen molar-refractivity contribution >= 4 is 22.6 Å². The van der Waals surface area contributed by atoms with Crippen LogP contribution in [0.3, 0.4) is 0 Å². The number of primary amides is 1. The first-order chi connectivity index (χ1) is 14.8.